The van der Waals surface area contributed by atoms with Gasteiger partial charge < -0.3 is 10.0 Å². The molecule has 0 spiro atoms. The average Bonchev–Trinajstić information content (AvgIpc) is 2.31. The summed E-state index contributed by atoms with van der Waals surface area (Å²) in [4.78, 5) is 13.3. The van der Waals surface area contributed by atoms with Gasteiger partial charge in [-0.3, -0.25) is 4.79 Å². The fourth-order valence-electron chi connectivity index (χ4n) is 2.56. The van der Waals surface area contributed by atoms with Gasteiger partial charge in [0.05, 0.1) is 17.4 Å². The predicted molar refractivity (Wildman–Crippen MR) is 70.0 cm³/mol. The van der Waals surface area contributed by atoms with E-state index in [9.17, 15) is 4.79 Å². The molecule has 0 saturated carbocycles. The smallest absolute Gasteiger partial charge is 0.306 e. The summed E-state index contributed by atoms with van der Waals surface area (Å²) in [5, 5.41) is 18.0. The van der Waals surface area contributed by atoms with E-state index in [1.807, 2.05) is 13.8 Å². The maximum atomic E-state index is 10.9. The van der Waals surface area contributed by atoms with Crippen LogP contribution in [-0.2, 0) is 4.79 Å². The number of piperidine rings is 1. The molecule has 1 heterocycles. The first-order valence-corrected chi connectivity index (χ1v) is 6.74. The highest BCUT2D eigenvalue weighted by atomic mass is 16.4. The van der Waals surface area contributed by atoms with E-state index in [2.05, 4.69) is 17.9 Å². The van der Waals surface area contributed by atoms with E-state index in [1.54, 1.807) is 0 Å². The molecule has 0 aromatic carbocycles. The number of aliphatic carboxylic acids is 1. The van der Waals surface area contributed by atoms with Crippen molar-refractivity contribution in [3.8, 4) is 6.07 Å². The lowest BCUT2D eigenvalue weighted by molar-refractivity contribution is -0.144. The van der Waals surface area contributed by atoms with Crippen molar-refractivity contribution in [1.29, 1.82) is 5.26 Å². The van der Waals surface area contributed by atoms with E-state index in [1.165, 1.54) is 0 Å². The SMILES string of the molecule is CC1CC(C(=O)O)CCN1CCCC(C)(C)C#N. The highest BCUT2D eigenvalue weighted by molar-refractivity contribution is 5.70. The fraction of sp³-hybridized carbons (Fsp3) is 0.857. The largest absolute Gasteiger partial charge is 0.481 e. The molecule has 4 nitrogen and oxygen atoms in total. The molecular formula is C14H24N2O2. The molecule has 2 atom stereocenters. The highest BCUT2D eigenvalue weighted by Crippen LogP contribution is 2.25. The number of hydrogen-bond donors (Lipinski definition) is 1. The topological polar surface area (TPSA) is 64.3 Å². The van der Waals surface area contributed by atoms with E-state index < -0.39 is 5.97 Å². The number of carbonyl (C=O) groups is 1. The second-order valence-corrected chi connectivity index (χ2v) is 6.04. The van der Waals surface area contributed by atoms with Crippen LogP contribution in [0.5, 0.6) is 0 Å². The van der Waals surface area contributed by atoms with Crippen molar-refractivity contribution in [3.05, 3.63) is 0 Å². The predicted octanol–water partition coefficient (Wildman–Crippen LogP) is 2.50. The van der Waals surface area contributed by atoms with Crippen molar-refractivity contribution in [2.24, 2.45) is 11.3 Å². The van der Waals surface area contributed by atoms with Crippen molar-refractivity contribution >= 4 is 5.97 Å². The zero-order chi connectivity index (χ0) is 13.8. The Morgan fingerprint density at radius 2 is 2.22 bits per heavy atom. The molecule has 102 valence electrons. The minimum absolute atomic E-state index is 0.174. The van der Waals surface area contributed by atoms with Gasteiger partial charge in [0, 0.05) is 6.04 Å². The third kappa shape index (κ3) is 4.30. The van der Waals surface area contributed by atoms with E-state index >= 15 is 0 Å². The quantitative estimate of drug-likeness (QED) is 0.816. The van der Waals surface area contributed by atoms with Crippen LogP contribution in [0.3, 0.4) is 0 Å². The molecule has 1 N–H and O–H groups in total. The first-order valence-electron chi connectivity index (χ1n) is 6.74. The van der Waals surface area contributed by atoms with Gasteiger partial charge in [0.25, 0.3) is 0 Å². The maximum absolute atomic E-state index is 10.9. The molecule has 0 aromatic heterocycles. The Hall–Kier alpha value is -1.08. The summed E-state index contributed by atoms with van der Waals surface area (Å²) in [7, 11) is 0. The normalized spacial score (nSPS) is 25.7. The zero-order valence-corrected chi connectivity index (χ0v) is 11.6. The molecule has 1 fully saturated rings. The molecule has 0 aromatic rings. The minimum Gasteiger partial charge on any atom is -0.481 e. The zero-order valence-electron chi connectivity index (χ0n) is 11.6. The Kier molecular flexibility index (Phi) is 5.15. The van der Waals surface area contributed by atoms with Gasteiger partial charge in [0.15, 0.2) is 0 Å². The lowest BCUT2D eigenvalue weighted by atomic mass is 9.88. The molecular weight excluding hydrogens is 228 g/mol. The summed E-state index contributed by atoms with van der Waals surface area (Å²) >= 11 is 0. The van der Waals surface area contributed by atoms with Crippen molar-refractivity contribution in [2.75, 3.05) is 13.1 Å². The number of rotatable bonds is 5. The first-order chi connectivity index (χ1) is 8.35. The number of nitrogens with zero attached hydrogens (tertiary/aromatic N) is 2. The maximum Gasteiger partial charge on any atom is 0.306 e. The molecule has 1 rings (SSSR count). The van der Waals surface area contributed by atoms with Gasteiger partial charge >= 0.3 is 5.97 Å². The number of nitriles is 1. The number of likely N-dealkylation sites (tertiary alicyclic amines) is 1. The minimum atomic E-state index is -0.660. The molecule has 2 unspecified atom stereocenters. The Morgan fingerprint density at radius 3 is 2.72 bits per heavy atom. The van der Waals surface area contributed by atoms with Crippen LogP contribution < -0.4 is 0 Å². The van der Waals surface area contributed by atoms with Crippen molar-refractivity contribution in [1.82, 2.24) is 4.90 Å². The van der Waals surface area contributed by atoms with Crippen molar-refractivity contribution in [2.45, 2.75) is 52.5 Å². The van der Waals surface area contributed by atoms with Crippen LogP contribution in [0.1, 0.15) is 46.5 Å². The standard InChI is InChI=1S/C14H24N2O2/c1-11-9-12(13(17)18)5-8-16(11)7-4-6-14(2,3)10-15/h11-12H,4-9H2,1-3H3,(H,17,18). The molecule has 4 heteroatoms. The average molecular weight is 252 g/mol. The molecule has 1 aliphatic rings. The number of carboxylic acid groups (broad SMARTS) is 1. The molecule has 1 aliphatic heterocycles. The third-order valence-electron chi connectivity index (χ3n) is 3.91. The highest BCUT2D eigenvalue weighted by Gasteiger charge is 2.29. The van der Waals surface area contributed by atoms with E-state index in [4.69, 9.17) is 10.4 Å². The summed E-state index contributed by atoms with van der Waals surface area (Å²) in [6.45, 7) is 7.87. The van der Waals surface area contributed by atoms with Gasteiger partial charge in [0.2, 0.25) is 0 Å². The monoisotopic (exact) mass is 252 g/mol. The lowest BCUT2D eigenvalue weighted by Gasteiger charge is -2.36. The van der Waals surface area contributed by atoms with Crippen LogP contribution in [0.25, 0.3) is 0 Å². The first kappa shape index (κ1) is 15.0. The summed E-state index contributed by atoms with van der Waals surface area (Å²) < 4.78 is 0. The second-order valence-electron chi connectivity index (χ2n) is 6.04. The van der Waals surface area contributed by atoms with Crippen LogP contribution in [0.4, 0.5) is 0 Å². The van der Waals surface area contributed by atoms with Crippen LogP contribution in [0.2, 0.25) is 0 Å². The summed E-state index contributed by atoms with van der Waals surface area (Å²) in [5.41, 5.74) is -0.247. The Bertz CT molecular complexity index is 333. The van der Waals surface area contributed by atoms with Crippen LogP contribution in [0.15, 0.2) is 0 Å². The number of carboxylic acids is 1. The summed E-state index contributed by atoms with van der Waals surface area (Å²) in [5.74, 6) is -0.834. The van der Waals surface area contributed by atoms with Gasteiger partial charge in [-0.05, 0) is 59.5 Å². The van der Waals surface area contributed by atoms with Gasteiger partial charge in [-0.25, -0.2) is 0 Å². The van der Waals surface area contributed by atoms with Gasteiger partial charge in [-0.2, -0.15) is 5.26 Å². The summed E-state index contributed by atoms with van der Waals surface area (Å²) in [6, 6.07) is 2.65. The molecule has 0 radical (unpaired) electrons. The third-order valence-corrected chi connectivity index (χ3v) is 3.91. The van der Waals surface area contributed by atoms with Crippen molar-refractivity contribution < 1.29 is 9.90 Å². The molecule has 0 bridgehead atoms. The Morgan fingerprint density at radius 1 is 1.56 bits per heavy atom. The Labute approximate surface area is 110 Å². The molecule has 1 saturated heterocycles. The van der Waals surface area contributed by atoms with E-state index in [-0.39, 0.29) is 11.3 Å². The molecule has 0 aliphatic carbocycles. The van der Waals surface area contributed by atoms with Gasteiger partial charge in [0.1, 0.15) is 0 Å². The second kappa shape index (κ2) is 6.19. The van der Waals surface area contributed by atoms with Gasteiger partial charge in [-0.1, -0.05) is 0 Å². The fourth-order valence-corrected chi connectivity index (χ4v) is 2.56. The van der Waals surface area contributed by atoms with Crippen LogP contribution in [-0.4, -0.2) is 35.1 Å². The van der Waals surface area contributed by atoms with Gasteiger partial charge in [-0.15, -0.1) is 0 Å². The van der Waals surface area contributed by atoms with E-state index in [0.717, 1.165) is 38.8 Å². The summed E-state index contributed by atoms with van der Waals surface area (Å²) in [6.07, 6.45) is 3.40. The molecule has 18 heavy (non-hydrogen) atoms. The number of hydrogen-bond acceptors (Lipinski definition) is 3. The van der Waals surface area contributed by atoms with Crippen LogP contribution in [0, 0.1) is 22.7 Å². The lowest BCUT2D eigenvalue weighted by Crippen LogP contribution is -2.43. The Balaban J connectivity index is 2.33. The van der Waals surface area contributed by atoms with Crippen molar-refractivity contribution in [3.63, 3.8) is 0 Å². The van der Waals surface area contributed by atoms with E-state index in [0.29, 0.717) is 6.04 Å². The molecule has 0 amide bonds. The van der Waals surface area contributed by atoms with Crippen LogP contribution >= 0.6 is 0 Å².